The highest BCUT2D eigenvalue weighted by Gasteiger charge is 2.15. The summed E-state index contributed by atoms with van der Waals surface area (Å²) in [5.41, 5.74) is 3.84. The van der Waals surface area contributed by atoms with Crippen molar-refractivity contribution in [3.63, 3.8) is 0 Å². The van der Waals surface area contributed by atoms with Gasteiger partial charge < -0.3 is 9.47 Å². The SMILES string of the molecule is C#CCOc1ccc(Br)cc1/C=N\NC(=O)[C@H](C)Oc1cccc2cccnc12. The van der Waals surface area contributed by atoms with Crippen LogP contribution in [0.3, 0.4) is 0 Å². The van der Waals surface area contributed by atoms with Gasteiger partial charge in [0.1, 0.15) is 23.6 Å². The highest BCUT2D eigenvalue weighted by molar-refractivity contribution is 9.10. The number of fused-ring (bicyclic) bond motifs is 1. The fourth-order valence-corrected chi connectivity index (χ4v) is 2.92. The molecule has 0 aliphatic carbocycles. The number of amides is 1. The number of rotatable bonds is 7. The van der Waals surface area contributed by atoms with Gasteiger partial charge in [0.25, 0.3) is 5.91 Å². The molecular formula is C22H18BrN3O3. The Balaban J connectivity index is 1.66. The summed E-state index contributed by atoms with van der Waals surface area (Å²) in [6, 6.07) is 14.7. The van der Waals surface area contributed by atoms with Gasteiger partial charge in [-0.2, -0.15) is 5.10 Å². The Morgan fingerprint density at radius 3 is 2.97 bits per heavy atom. The van der Waals surface area contributed by atoms with Crippen LogP contribution in [-0.2, 0) is 4.79 Å². The zero-order chi connectivity index (χ0) is 20.6. The van der Waals surface area contributed by atoms with Gasteiger partial charge in [0.15, 0.2) is 6.10 Å². The number of pyridine rings is 1. The number of hydrazone groups is 1. The van der Waals surface area contributed by atoms with Crippen molar-refractivity contribution in [3.8, 4) is 23.8 Å². The molecule has 0 spiro atoms. The van der Waals surface area contributed by atoms with Crippen molar-refractivity contribution in [2.75, 3.05) is 6.61 Å². The van der Waals surface area contributed by atoms with E-state index in [-0.39, 0.29) is 6.61 Å². The molecule has 2 aromatic carbocycles. The third-order valence-corrected chi connectivity index (χ3v) is 4.42. The number of halogens is 1. The second kappa shape index (κ2) is 9.71. The first-order valence-electron chi connectivity index (χ1n) is 8.77. The third-order valence-electron chi connectivity index (χ3n) is 3.93. The zero-order valence-electron chi connectivity index (χ0n) is 15.6. The van der Waals surface area contributed by atoms with Gasteiger partial charge in [-0.3, -0.25) is 9.78 Å². The van der Waals surface area contributed by atoms with Gasteiger partial charge >= 0.3 is 0 Å². The molecule has 7 heteroatoms. The molecule has 0 unspecified atom stereocenters. The number of nitrogens with one attached hydrogen (secondary N) is 1. The molecule has 29 heavy (non-hydrogen) atoms. The quantitative estimate of drug-likeness (QED) is 0.335. The number of benzene rings is 2. The van der Waals surface area contributed by atoms with Crippen molar-refractivity contribution in [2.45, 2.75) is 13.0 Å². The number of hydrogen-bond donors (Lipinski definition) is 1. The van der Waals surface area contributed by atoms with Gasteiger partial charge in [-0.15, -0.1) is 6.42 Å². The summed E-state index contributed by atoms with van der Waals surface area (Å²) in [5, 5.41) is 4.94. The topological polar surface area (TPSA) is 72.8 Å². The van der Waals surface area contributed by atoms with E-state index in [0.29, 0.717) is 22.6 Å². The van der Waals surface area contributed by atoms with E-state index in [9.17, 15) is 4.79 Å². The number of hydrogen-bond acceptors (Lipinski definition) is 5. The molecule has 0 aliphatic rings. The lowest BCUT2D eigenvalue weighted by Crippen LogP contribution is -2.33. The van der Waals surface area contributed by atoms with Gasteiger partial charge in [-0.25, -0.2) is 5.43 Å². The molecule has 0 saturated carbocycles. The lowest BCUT2D eigenvalue weighted by Gasteiger charge is -2.14. The third kappa shape index (κ3) is 5.33. The van der Waals surface area contributed by atoms with E-state index < -0.39 is 12.0 Å². The molecule has 0 saturated heterocycles. The van der Waals surface area contributed by atoms with Crippen LogP contribution in [0.15, 0.2) is 64.3 Å². The van der Waals surface area contributed by atoms with E-state index in [0.717, 1.165) is 9.86 Å². The molecule has 0 aliphatic heterocycles. The average molecular weight is 452 g/mol. The first-order valence-corrected chi connectivity index (χ1v) is 9.57. The molecule has 0 fully saturated rings. The van der Waals surface area contributed by atoms with Crippen molar-refractivity contribution in [3.05, 3.63) is 64.8 Å². The van der Waals surface area contributed by atoms with Crippen LogP contribution in [0.25, 0.3) is 10.9 Å². The first kappa shape index (κ1) is 20.4. The molecule has 0 radical (unpaired) electrons. The minimum atomic E-state index is -0.764. The predicted molar refractivity (Wildman–Crippen MR) is 116 cm³/mol. The first-order chi connectivity index (χ1) is 14.1. The van der Waals surface area contributed by atoms with Crippen LogP contribution in [0.2, 0.25) is 0 Å². The van der Waals surface area contributed by atoms with Crippen molar-refractivity contribution in [2.24, 2.45) is 5.10 Å². The largest absolute Gasteiger partial charge is 0.480 e. The van der Waals surface area contributed by atoms with Crippen molar-refractivity contribution < 1.29 is 14.3 Å². The summed E-state index contributed by atoms with van der Waals surface area (Å²) in [6.07, 6.45) is 7.64. The Hall–Kier alpha value is -3.37. The molecule has 146 valence electrons. The molecule has 1 atom stereocenters. The average Bonchev–Trinajstić information content (AvgIpc) is 2.73. The van der Waals surface area contributed by atoms with Crippen LogP contribution < -0.4 is 14.9 Å². The number of aromatic nitrogens is 1. The van der Waals surface area contributed by atoms with Gasteiger partial charge in [-0.1, -0.05) is 40.0 Å². The molecule has 0 bridgehead atoms. The summed E-state index contributed by atoms with van der Waals surface area (Å²) in [7, 11) is 0. The lowest BCUT2D eigenvalue weighted by molar-refractivity contribution is -0.127. The van der Waals surface area contributed by atoms with E-state index in [1.165, 1.54) is 6.21 Å². The summed E-state index contributed by atoms with van der Waals surface area (Å²) >= 11 is 3.39. The fourth-order valence-electron chi connectivity index (χ4n) is 2.54. The smallest absolute Gasteiger partial charge is 0.280 e. The van der Waals surface area contributed by atoms with E-state index in [1.807, 2.05) is 36.4 Å². The molecule has 6 nitrogen and oxygen atoms in total. The number of carbonyl (C=O) groups is 1. The Morgan fingerprint density at radius 2 is 2.14 bits per heavy atom. The predicted octanol–water partition coefficient (Wildman–Crippen LogP) is 3.93. The summed E-state index contributed by atoms with van der Waals surface area (Å²) < 4.78 is 12.1. The van der Waals surface area contributed by atoms with Crippen molar-refractivity contribution >= 4 is 39.0 Å². The summed E-state index contributed by atoms with van der Waals surface area (Å²) in [5.74, 6) is 3.12. The fraction of sp³-hybridized carbons (Fsp3) is 0.136. The van der Waals surface area contributed by atoms with E-state index in [2.05, 4.69) is 37.4 Å². The maximum atomic E-state index is 12.4. The second-order valence-corrected chi connectivity index (χ2v) is 6.92. The number of nitrogens with zero attached hydrogens (tertiary/aromatic N) is 2. The lowest BCUT2D eigenvalue weighted by atomic mass is 10.2. The highest BCUT2D eigenvalue weighted by atomic mass is 79.9. The second-order valence-electron chi connectivity index (χ2n) is 6.00. The Morgan fingerprint density at radius 1 is 1.31 bits per heavy atom. The molecule has 1 N–H and O–H groups in total. The van der Waals surface area contributed by atoms with Crippen LogP contribution in [0.4, 0.5) is 0 Å². The molecular weight excluding hydrogens is 434 g/mol. The number of terminal acetylenes is 1. The minimum Gasteiger partial charge on any atom is -0.480 e. The Labute approximate surface area is 177 Å². The van der Waals surface area contributed by atoms with Gasteiger partial charge in [0, 0.05) is 21.6 Å². The van der Waals surface area contributed by atoms with Crippen molar-refractivity contribution in [1.82, 2.24) is 10.4 Å². The van der Waals surface area contributed by atoms with E-state index in [4.69, 9.17) is 15.9 Å². The molecule has 3 aromatic rings. The van der Waals surface area contributed by atoms with Crippen LogP contribution in [0.5, 0.6) is 11.5 Å². The maximum Gasteiger partial charge on any atom is 0.280 e. The molecule has 1 amide bonds. The van der Waals surface area contributed by atoms with Crippen LogP contribution >= 0.6 is 15.9 Å². The van der Waals surface area contributed by atoms with Gasteiger partial charge in [-0.05, 0) is 37.3 Å². The van der Waals surface area contributed by atoms with Crippen LogP contribution in [-0.4, -0.2) is 29.8 Å². The minimum absolute atomic E-state index is 0.138. The van der Waals surface area contributed by atoms with Gasteiger partial charge in [0.05, 0.1) is 6.21 Å². The summed E-state index contributed by atoms with van der Waals surface area (Å²) in [4.78, 5) is 16.7. The van der Waals surface area contributed by atoms with E-state index >= 15 is 0 Å². The number of para-hydroxylation sites is 1. The Bertz CT molecular complexity index is 1090. The molecule has 3 rings (SSSR count). The van der Waals surface area contributed by atoms with E-state index in [1.54, 1.807) is 25.3 Å². The summed E-state index contributed by atoms with van der Waals surface area (Å²) in [6.45, 7) is 1.78. The highest BCUT2D eigenvalue weighted by Crippen LogP contribution is 2.24. The molecule has 1 heterocycles. The maximum absolute atomic E-state index is 12.4. The number of ether oxygens (including phenoxy) is 2. The van der Waals surface area contributed by atoms with Crippen molar-refractivity contribution in [1.29, 1.82) is 0 Å². The van der Waals surface area contributed by atoms with Gasteiger partial charge in [0.2, 0.25) is 0 Å². The monoisotopic (exact) mass is 451 g/mol. The Kier molecular flexibility index (Phi) is 6.82. The molecule has 1 aromatic heterocycles. The van der Waals surface area contributed by atoms with Crippen LogP contribution in [0.1, 0.15) is 12.5 Å². The normalized spacial score (nSPS) is 11.8. The number of carbonyl (C=O) groups excluding carboxylic acids is 1. The zero-order valence-corrected chi connectivity index (χ0v) is 17.2. The van der Waals surface area contributed by atoms with Crippen LogP contribution in [0, 0.1) is 12.3 Å². The standard InChI is InChI=1S/C22H18BrN3O3/c1-3-12-28-19-10-9-18(23)13-17(19)14-25-26-22(27)15(2)29-20-8-4-6-16-7-5-11-24-21(16)20/h1,4-11,13-15H,12H2,2H3,(H,26,27)/b25-14-/t15-/m0/s1.